The lowest BCUT2D eigenvalue weighted by molar-refractivity contribution is 0.408. The Morgan fingerprint density at radius 1 is 1.19 bits per heavy atom. The van der Waals surface area contributed by atoms with E-state index in [2.05, 4.69) is 21.2 Å². The zero-order valence-corrected chi connectivity index (χ0v) is 14.2. The highest BCUT2D eigenvalue weighted by Gasteiger charge is 2.19. The number of halogens is 2. The van der Waals surface area contributed by atoms with Gasteiger partial charge in [0.05, 0.1) is 17.6 Å². The summed E-state index contributed by atoms with van der Waals surface area (Å²) in [6.07, 6.45) is 0. The molecule has 1 unspecified atom stereocenters. The molecule has 0 bridgehead atoms. The Morgan fingerprint density at radius 2 is 1.81 bits per heavy atom. The largest absolute Gasteiger partial charge is 0.496 e. The van der Waals surface area contributed by atoms with Crippen LogP contribution in [0.3, 0.4) is 0 Å². The molecule has 112 valence electrons. The fraction of sp³-hybridized carbons (Fsp3) is 0.294. The van der Waals surface area contributed by atoms with E-state index in [1.807, 2.05) is 39.1 Å². The number of hydrogen-bond acceptors (Lipinski definition) is 2. The highest BCUT2D eigenvalue weighted by atomic mass is 79.9. The summed E-state index contributed by atoms with van der Waals surface area (Å²) < 4.78 is 20.2. The van der Waals surface area contributed by atoms with Crippen LogP contribution in [0.15, 0.2) is 34.8 Å². The Hall–Kier alpha value is -1.39. The summed E-state index contributed by atoms with van der Waals surface area (Å²) in [6, 6.07) is 9.22. The van der Waals surface area contributed by atoms with Crippen LogP contribution in [0.4, 0.5) is 4.39 Å². The molecule has 0 saturated carbocycles. The maximum atomic E-state index is 14.4. The number of benzene rings is 2. The van der Waals surface area contributed by atoms with Gasteiger partial charge in [-0.05, 0) is 59.6 Å². The van der Waals surface area contributed by atoms with Crippen molar-refractivity contribution in [3.63, 3.8) is 0 Å². The molecular formula is C17H19BrFNO. The summed E-state index contributed by atoms with van der Waals surface area (Å²) in [5.74, 6) is 0.645. The van der Waals surface area contributed by atoms with E-state index in [0.29, 0.717) is 10.0 Å². The fourth-order valence-electron chi connectivity index (χ4n) is 2.72. The first-order chi connectivity index (χ1) is 9.99. The van der Waals surface area contributed by atoms with Gasteiger partial charge in [-0.25, -0.2) is 4.39 Å². The first-order valence-corrected chi connectivity index (χ1v) is 7.55. The van der Waals surface area contributed by atoms with Crippen LogP contribution < -0.4 is 10.1 Å². The standard InChI is InChI=1S/C17H19BrFNO/c1-10-8-12(9-11(2)17(10)21-4)16(20-3)13-6-5-7-14(18)15(13)19/h5-9,16,20H,1-4H3. The van der Waals surface area contributed by atoms with Crippen LogP contribution in [0.2, 0.25) is 0 Å². The third-order valence-corrected chi connectivity index (χ3v) is 4.21. The third-order valence-electron chi connectivity index (χ3n) is 3.60. The Labute approximate surface area is 133 Å². The fourth-order valence-corrected chi connectivity index (χ4v) is 3.10. The van der Waals surface area contributed by atoms with Gasteiger partial charge in [0.1, 0.15) is 11.6 Å². The topological polar surface area (TPSA) is 21.3 Å². The van der Waals surface area contributed by atoms with Crippen LogP contribution in [0.1, 0.15) is 28.3 Å². The number of hydrogen-bond donors (Lipinski definition) is 1. The molecule has 0 aromatic heterocycles. The maximum absolute atomic E-state index is 14.4. The lowest BCUT2D eigenvalue weighted by Crippen LogP contribution is -2.19. The minimum Gasteiger partial charge on any atom is -0.496 e. The Kier molecular flexibility index (Phi) is 5.01. The van der Waals surface area contributed by atoms with Crippen LogP contribution >= 0.6 is 15.9 Å². The average Bonchev–Trinajstić information content (AvgIpc) is 2.44. The molecule has 0 radical (unpaired) electrons. The second kappa shape index (κ2) is 6.58. The van der Waals surface area contributed by atoms with E-state index in [1.165, 1.54) is 0 Å². The Morgan fingerprint density at radius 3 is 2.33 bits per heavy atom. The minimum absolute atomic E-state index is 0.203. The second-order valence-corrected chi connectivity index (χ2v) is 5.91. The molecule has 1 N–H and O–H groups in total. The Balaban J connectivity index is 2.54. The van der Waals surface area contributed by atoms with E-state index >= 15 is 0 Å². The van der Waals surface area contributed by atoms with Gasteiger partial charge in [0.15, 0.2) is 0 Å². The molecule has 0 heterocycles. The smallest absolute Gasteiger partial charge is 0.142 e. The van der Waals surface area contributed by atoms with Gasteiger partial charge in [-0.3, -0.25) is 0 Å². The normalized spacial score (nSPS) is 12.3. The molecule has 2 aromatic rings. The zero-order chi connectivity index (χ0) is 15.6. The molecule has 21 heavy (non-hydrogen) atoms. The lowest BCUT2D eigenvalue weighted by Gasteiger charge is -2.21. The first-order valence-electron chi connectivity index (χ1n) is 6.76. The minimum atomic E-state index is -0.233. The monoisotopic (exact) mass is 351 g/mol. The summed E-state index contributed by atoms with van der Waals surface area (Å²) in [5.41, 5.74) is 3.73. The molecule has 2 aromatic carbocycles. The van der Waals surface area contributed by atoms with E-state index < -0.39 is 0 Å². The highest BCUT2D eigenvalue weighted by Crippen LogP contribution is 2.32. The SMILES string of the molecule is CNC(c1cc(C)c(OC)c(C)c1)c1cccc(Br)c1F. The van der Waals surface area contributed by atoms with Gasteiger partial charge in [0.2, 0.25) is 0 Å². The molecule has 0 aliphatic carbocycles. The van der Waals surface area contributed by atoms with E-state index in [0.717, 1.165) is 22.4 Å². The van der Waals surface area contributed by atoms with Crippen molar-refractivity contribution >= 4 is 15.9 Å². The third kappa shape index (κ3) is 3.11. The quantitative estimate of drug-likeness (QED) is 0.873. The van der Waals surface area contributed by atoms with Crippen LogP contribution in [0.5, 0.6) is 5.75 Å². The molecular weight excluding hydrogens is 333 g/mol. The van der Waals surface area contributed by atoms with Crippen molar-refractivity contribution in [2.45, 2.75) is 19.9 Å². The molecule has 1 atom stereocenters. The average molecular weight is 352 g/mol. The van der Waals surface area contributed by atoms with Crippen molar-refractivity contribution in [2.75, 3.05) is 14.2 Å². The van der Waals surface area contributed by atoms with Gasteiger partial charge >= 0.3 is 0 Å². The molecule has 0 fully saturated rings. The molecule has 2 nitrogen and oxygen atoms in total. The van der Waals surface area contributed by atoms with E-state index in [4.69, 9.17) is 4.74 Å². The van der Waals surface area contributed by atoms with Crippen molar-refractivity contribution in [3.05, 3.63) is 62.9 Å². The first kappa shape index (κ1) is 16.0. The van der Waals surface area contributed by atoms with E-state index in [1.54, 1.807) is 19.2 Å². The summed E-state index contributed by atoms with van der Waals surface area (Å²) in [7, 11) is 3.50. The Bertz CT molecular complexity index is 634. The van der Waals surface area contributed by atoms with Crippen LogP contribution in [0.25, 0.3) is 0 Å². The van der Waals surface area contributed by atoms with E-state index in [-0.39, 0.29) is 11.9 Å². The number of aryl methyl sites for hydroxylation is 2. The van der Waals surface area contributed by atoms with Crippen molar-refractivity contribution in [1.82, 2.24) is 5.32 Å². The van der Waals surface area contributed by atoms with Gasteiger partial charge in [0, 0.05) is 5.56 Å². The predicted octanol–water partition coefficient (Wildman–Crippen LogP) is 4.52. The predicted molar refractivity (Wildman–Crippen MR) is 87.5 cm³/mol. The molecule has 0 saturated heterocycles. The van der Waals surface area contributed by atoms with Crippen LogP contribution in [-0.4, -0.2) is 14.2 Å². The van der Waals surface area contributed by atoms with Crippen molar-refractivity contribution in [1.29, 1.82) is 0 Å². The van der Waals surface area contributed by atoms with Gasteiger partial charge in [-0.1, -0.05) is 24.3 Å². The van der Waals surface area contributed by atoms with Gasteiger partial charge < -0.3 is 10.1 Å². The summed E-state index contributed by atoms with van der Waals surface area (Å²) >= 11 is 3.25. The highest BCUT2D eigenvalue weighted by molar-refractivity contribution is 9.10. The maximum Gasteiger partial charge on any atom is 0.142 e. The number of nitrogens with one attached hydrogen (secondary N) is 1. The number of methoxy groups -OCH3 is 1. The van der Waals surface area contributed by atoms with Crippen LogP contribution in [-0.2, 0) is 0 Å². The molecule has 0 aliphatic heterocycles. The van der Waals surface area contributed by atoms with Gasteiger partial charge in [-0.2, -0.15) is 0 Å². The molecule has 2 rings (SSSR count). The molecule has 0 aliphatic rings. The molecule has 0 spiro atoms. The van der Waals surface area contributed by atoms with Crippen LogP contribution in [0, 0.1) is 19.7 Å². The summed E-state index contributed by atoms with van der Waals surface area (Å²) in [6.45, 7) is 4.00. The lowest BCUT2D eigenvalue weighted by atomic mass is 9.95. The molecule has 0 amide bonds. The number of rotatable bonds is 4. The van der Waals surface area contributed by atoms with Gasteiger partial charge in [0.25, 0.3) is 0 Å². The molecule has 4 heteroatoms. The zero-order valence-electron chi connectivity index (χ0n) is 12.6. The van der Waals surface area contributed by atoms with Crippen molar-refractivity contribution < 1.29 is 9.13 Å². The van der Waals surface area contributed by atoms with E-state index in [9.17, 15) is 4.39 Å². The summed E-state index contributed by atoms with van der Waals surface area (Å²) in [4.78, 5) is 0. The van der Waals surface area contributed by atoms with Gasteiger partial charge in [-0.15, -0.1) is 0 Å². The van der Waals surface area contributed by atoms with Crippen molar-refractivity contribution in [3.8, 4) is 5.75 Å². The summed E-state index contributed by atoms with van der Waals surface area (Å²) in [5, 5.41) is 3.19. The second-order valence-electron chi connectivity index (χ2n) is 5.05. The number of ether oxygens (including phenoxy) is 1. The van der Waals surface area contributed by atoms with Crippen molar-refractivity contribution in [2.24, 2.45) is 0 Å².